The van der Waals surface area contributed by atoms with Gasteiger partial charge in [-0.1, -0.05) is 84.0 Å². The number of carbonyl (C=O) groups excluding carboxylic acids is 1. The van der Waals surface area contributed by atoms with Crippen LogP contribution in [0.3, 0.4) is 0 Å². The zero-order valence-electron chi connectivity index (χ0n) is 28.5. The van der Waals surface area contributed by atoms with Gasteiger partial charge in [-0.15, -0.1) is 0 Å². The SMILES string of the molecule is C=C(C)C1CCC2(C(=O)NCCN)CCC3(C)C(CCC4C5(C)CC=C(c6ccc(CC)cc6)C(C)(C)C5CCC43C)C12. The number of allylic oxidation sites excluding steroid dienone is 3. The van der Waals surface area contributed by atoms with E-state index in [-0.39, 0.29) is 27.6 Å². The quantitative estimate of drug-likeness (QED) is 0.328. The Morgan fingerprint density at radius 3 is 2.30 bits per heavy atom. The van der Waals surface area contributed by atoms with Crippen molar-refractivity contribution < 1.29 is 4.79 Å². The van der Waals surface area contributed by atoms with E-state index in [0.29, 0.717) is 48.1 Å². The highest BCUT2D eigenvalue weighted by Gasteiger charge is 2.71. The average Bonchev–Trinajstić information content (AvgIpc) is 3.37. The summed E-state index contributed by atoms with van der Waals surface area (Å²) in [5.41, 5.74) is 12.3. The van der Waals surface area contributed by atoms with Gasteiger partial charge in [0.25, 0.3) is 0 Å². The van der Waals surface area contributed by atoms with Crippen LogP contribution in [-0.2, 0) is 11.2 Å². The number of hydrogen-bond donors (Lipinski definition) is 2. The van der Waals surface area contributed by atoms with Crippen LogP contribution in [0.4, 0.5) is 0 Å². The zero-order valence-corrected chi connectivity index (χ0v) is 28.5. The number of nitrogens with two attached hydrogens (primary N) is 1. The van der Waals surface area contributed by atoms with Crippen molar-refractivity contribution in [1.82, 2.24) is 5.32 Å². The summed E-state index contributed by atoms with van der Waals surface area (Å²) in [6.45, 7) is 23.2. The molecule has 1 amide bonds. The van der Waals surface area contributed by atoms with Gasteiger partial charge in [0.1, 0.15) is 0 Å². The van der Waals surface area contributed by atoms with Crippen molar-refractivity contribution in [3.8, 4) is 0 Å². The van der Waals surface area contributed by atoms with Crippen molar-refractivity contribution in [3.05, 3.63) is 53.6 Å². The van der Waals surface area contributed by atoms with Crippen LogP contribution in [0, 0.1) is 56.7 Å². The molecule has 3 N–H and O–H groups in total. The second kappa shape index (κ2) is 10.6. The normalized spacial score (nSPS) is 43.0. The molecule has 3 nitrogen and oxygen atoms in total. The van der Waals surface area contributed by atoms with Gasteiger partial charge in [0.05, 0.1) is 5.41 Å². The molecule has 43 heavy (non-hydrogen) atoms. The molecule has 0 bridgehead atoms. The largest absolute Gasteiger partial charge is 0.354 e. The number of amides is 1. The third kappa shape index (κ3) is 4.25. The summed E-state index contributed by atoms with van der Waals surface area (Å²) in [6, 6.07) is 9.43. The molecule has 6 rings (SSSR count). The van der Waals surface area contributed by atoms with Crippen LogP contribution in [0.25, 0.3) is 5.57 Å². The highest BCUT2D eigenvalue weighted by atomic mass is 16.2. The lowest BCUT2D eigenvalue weighted by Crippen LogP contribution is -2.66. The molecule has 0 radical (unpaired) electrons. The standard InChI is InChI=1S/C40H60N2O/c1-9-27-10-12-28(13-11-27)30-17-19-37(6)32(36(30,4)5)18-20-39(8)33(37)15-14-31-34-29(26(2)3)16-21-40(34,23-22-38(31,39)7)35(43)42-25-24-41/h10-13,17,29,31-34H,2,9,14-16,18-25,41H2,1,3-8H3,(H,42,43). The maximum absolute atomic E-state index is 14.0. The molecule has 9 unspecified atom stereocenters. The van der Waals surface area contributed by atoms with Gasteiger partial charge < -0.3 is 11.1 Å². The number of rotatable bonds is 6. The predicted molar refractivity (Wildman–Crippen MR) is 180 cm³/mol. The van der Waals surface area contributed by atoms with Gasteiger partial charge >= 0.3 is 0 Å². The average molecular weight is 585 g/mol. The molecule has 0 saturated heterocycles. The molecular formula is C40H60N2O. The molecule has 5 aliphatic carbocycles. The fourth-order valence-electron chi connectivity index (χ4n) is 12.9. The van der Waals surface area contributed by atoms with Gasteiger partial charge in [-0.25, -0.2) is 0 Å². The topological polar surface area (TPSA) is 55.1 Å². The van der Waals surface area contributed by atoms with Crippen LogP contribution in [0.1, 0.15) is 117 Å². The van der Waals surface area contributed by atoms with Gasteiger partial charge in [-0.05, 0) is 139 Å². The van der Waals surface area contributed by atoms with E-state index in [0.717, 1.165) is 25.7 Å². The predicted octanol–water partition coefficient (Wildman–Crippen LogP) is 8.97. The van der Waals surface area contributed by atoms with Gasteiger partial charge in [0, 0.05) is 13.1 Å². The number of hydrogen-bond acceptors (Lipinski definition) is 2. The third-order valence-corrected chi connectivity index (χ3v) is 15.2. The fourth-order valence-corrected chi connectivity index (χ4v) is 12.9. The number of aryl methyl sites for hydroxylation is 1. The Hall–Kier alpha value is -1.87. The Labute approximate surface area is 262 Å². The Kier molecular flexibility index (Phi) is 7.67. The van der Waals surface area contributed by atoms with E-state index in [2.05, 4.69) is 90.7 Å². The lowest BCUT2D eigenvalue weighted by atomic mass is 9.32. The molecule has 5 aliphatic rings. The van der Waals surface area contributed by atoms with E-state index in [9.17, 15) is 4.79 Å². The van der Waals surface area contributed by atoms with E-state index < -0.39 is 0 Å². The molecular weight excluding hydrogens is 524 g/mol. The summed E-state index contributed by atoms with van der Waals surface area (Å²) in [5, 5.41) is 3.27. The monoisotopic (exact) mass is 584 g/mol. The Bertz CT molecular complexity index is 1290. The summed E-state index contributed by atoms with van der Waals surface area (Å²) in [4.78, 5) is 14.0. The second-order valence-electron chi connectivity index (χ2n) is 17.0. The van der Waals surface area contributed by atoms with Crippen molar-refractivity contribution >= 4 is 11.5 Å². The van der Waals surface area contributed by atoms with Crippen molar-refractivity contribution in [2.24, 2.45) is 62.4 Å². The molecule has 0 aliphatic heterocycles. The third-order valence-electron chi connectivity index (χ3n) is 15.2. The number of fused-ring (bicyclic) bond motifs is 7. The molecule has 0 heterocycles. The van der Waals surface area contributed by atoms with Gasteiger partial charge in [-0.3, -0.25) is 4.79 Å². The first-order valence-electron chi connectivity index (χ1n) is 17.7. The lowest BCUT2D eigenvalue weighted by Gasteiger charge is -2.72. The van der Waals surface area contributed by atoms with Crippen LogP contribution in [0.15, 0.2) is 42.5 Å². The Morgan fingerprint density at radius 2 is 1.65 bits per heavy atom. The van der Waals surface area contributed by atoms with Crippen LogP contribution in [0.5, 0.6) is 0 Å². The van der Waals surface area contributed by atoms with Crippen LogP contribution in [-0.4, -0.2) is 19.0 Å². The molecule has 3 heteroatoms. The molecule has 236 valence electrons. The minimum Gasteiger partial charge on any atom is -0.354 e. The highest BCUT2D eigenvalue weighted by molar-refractivity contribution is 5.84. The van der Waals surface area contributed by atoms with E-state index >= 15 is 0 Å². The van der Waals surface area contributed by atoms with Crippen molar-refractivity contribution in [2.75, 3.05) is 13.1 Å². The molecule has 0 aromatic heterocycles. The first-order valence-corrected chi connectivity index (χ1v) is 17.7. The molecule has 1 aromatic carbocycles. The lowest BCUT2D eigenvalue weighted by molar-refractivity contribution is -0.225. The van der Waals surface area contributed by atoms with Crippen LogP contribution >= 0.6 is 0 Å². The van der Waals surface area contributed by atoms with Crippen molar-refractivity contribution in [3.63, 3.8) is 0 Å². The second-order valence-corrected chi connectivity index (χ2v) is 17.0. The smallest absolute Gasteiger partial charge is 0.226 e. The van der Waals surface area contributed by atoms with E-state index in [1.54, 1.807) is 5.57 Å². The minimum absolute atomic E-state index is 0.152. The summed E-state index contributed by atoms with van der Waals surface area (Å²) >= 11 is 0. The first-order chi connectivity index (χ1) is 20.3. The zero-order chi connectivity index (χ0) is 31.0. The first kappa shape index (κ1) is 31.1. The Balaban J connectivity index is 1.36. The molecule has 4 saturated carbocycles. The van der Waals surface area contributed by atoms with Crippen LogP contribution in [0.2, 0.25) is 0 Å². The van der Waals surface area contributed by atoms with E-state index in [1.807, 2.05) is 0 Å². The van der Waals surface area contributed by atoms with Crippen molar-refractivity contribution in [2.45, 2.75) is 113 Å². The van der Waals surface area contributed by atoms with Gasteiger partial charge in [-0.2, -0.15) is 0 Å². The van der Waals surface area contributed by atoms with Crippen molar-refractivity contribution in [1.29, 1.82) is 0 Å². The summed E-state index contributed by atoms with van der Waals surface area (Å²) in [7, 11) is 0. The molecule has 9 atom stereocenters. The summed E-state index contributed by atoms with van der Waals surface area (Å²) < 4.78 is 0. The molecule has 0 spiro atoms. The highest BCUT2D eigenvalue weighted by Crippen LogP contribution is 2.77. The molecule has 4 fully saturated rings. The summed E-state index contributed by atoms with van der Waals surface area (Å²) in [5.74, 6) is 3.13. The number of benzene rings is 1. The number of nitrogens with one attached hydrogen (secondary N) is 1. The van der Waals surface area contributed by atoms with E-state index in [1.165, 1.54) is 55.2 Å². The maximum atomic E-state index is 14.0. The van der Waals surface area contributed by atoms with Gasteiger partial charge in [0.15, 0.2) is 0 Å². The van der Waals surface area contributed by atoms with Gasteiger partial charge in [0.2, 0.25) is 5.91 Å². The molecule has 1 aromatic rings. The van der Waals surface area contributed by atoms with E-state index in [4.69, 9.17) is 5.73 Å². The van der Waals surface area contributed by atoms with Crippen LogP contribution < -0.4 is 11.1 Å². The maximum Gasteiger partial charge on any atom is 0.226 e. The fraction of sp³-hybridized carbons (Fsp3) is 0.725. The Morgan fingerprint density at radius 1 is 0.930 bits per heavy atom. The minimum atomic E-state index is -0.245. The number of carbonyl (C=O) groups is 1. The summed E-state index contributed by atoms with van der Waals surface area (Å²) in [6.07, 6.45) is 14.4.